The Morgan fingerprint density at radius 2 is 1.78 bits per heavy atom. The van der Waals surface area contributed by atoms with Gasteiger partial charge in [0.1, 0.15) is 6.04 Å². The Kier molecular flexibility index (Phi) is 6.11. The molecule has 0 aliphatic heterocycles. The molecule has 1 aromatic carbocycles. The second-order valence-electron chi connectivity index (χ2n) is 4.45. The van der Waals surface area contributed by atoms with Gasteiger partial charge in [-0.1, -0.05) is 0 Å². The van der Waals surface area contributed by atoms with Crippen LogP contribution in [-0.4, -0.2) is 35.6 Å². The van der Waals surface area contributed by atoms with Crippen LogP contribution >= 0.6 is 0 Å². The summed E-state index contributed by atoms with van der Waals surface area (Å²) in [7, 11) is 0. The molecule has 6 nitrogen and oxygen atoms in total. The predicted molar refractivity (Wildman–Crippen MR) is 71.6 cm³/mol. The Morgan fingerprint density at radius 1 is 1.22 bits per heavy atom. The summed E-state index contributed by atoms with van der Waals surface area (Å²) in [5.41, 5.74) is -1.09. The maximum absolute atomic E-state index is 12.4. The minimum Gasteiger partial charge on any atom is -0.480 e. The van der Waals surface area contributed by atoms with Gasteiger partial charge in [-0.15, -0.1) is 0 Å². The minimum atomic E-state index is -4.54. The average Bonchev–Trinajstić information content (AvgIpc) is 2.45. The smallest absolute Gasteiger partial charge is 0.416 e. The van der Waals surface area contributed by atoms with Gasteiger partial charge in [-0.3, -0.25) is 9.59 Å². The molecule has 0 saturated carbocycles. The summed E-state index contributed by atoms with van der Waals surface area (Å²) < 4.78 is 41.9. The first-order valence-electron chi connectivity index (χ1n) is 6.51. The van der Waals surface area contributed by atoms with E-state index in [1.165, 1.54) is 6.92 Å². The number of carboxylic acids is 1. The van der Waals surface area contributed by atoms with E-state index in [0.29, 0.717) is 12.1 Å². The molecule has 2 N–H and O–H groups in total. The van der Waals surface area contributed by atoms with E-state index in [2.05, 4.69) is 10.1 Å². The second kappa shape index (κ2) is 7.61. The lowest BCUT2D eigenvalue weighted by Gasteiger charge is -2.14. The van der Waals surface area contributed by atoms with E-state index >= 15 is 0 Å². The van der Waals surface area contributed by atoms with E-state index < -0.39 is 42.0 Å². The quantitative estimate of drug-likeness (QED) is 0.775. The monoisotopic (exact) mass is 333 g/mol. The molecule has 0 bridgehead atoms. The highest BCUT2D eigenvalue weighted by molar-refractivity contribution is 5.97. The van der Waals surface area contributed by atoms with Crippen LogP contribution in [0.2, 0.25) is 0 Å². The topological polar surface area (TPSA) is 92.7 Å². The molecule has 126 valence electrons. The highest BCUT2D eigenvalue weighted by Gasteiger charge is 2.30. The number of aliphatic carboxylic acids is 1. The SMILES string of the molecule is CCOC(=O)C[C@H](NC(=O)c1ccc(C(F)(F)F)cc1)C(=O)O. The summed E-state index contributed by atoms with van der Waals surface area (Å²) >= 11 is 0. The lowest BCUT2D eigenvalue weighted by Crippen LogP contribution is -2.42. The number of alkyl halides is 3. The van der Waals surface area contributed by atoms with Crippen LogP contribution in [-0.2, 0) is 20.5 Å². The first-order valence-corrected chi connectivity index (χ1v) is 6.51. The first kappa shape index (κ1) is 18.5. The van der Waals surface area contributed by atoms with Gasteiger partial charge in [0, 0.05) is 5.56 Å². The second-order valence-corrected chi connectivity index (χ2v) is 4.45. The summed E-state index contributed by atoms with van der Waals surface area (Å²) in [6.45, 7) is 1.59. The number of esters is 1. The zero-order valence-corrected chi connectivity index (χ0v) is 12.0. The molecular formula is C14H14F3NO5. The van der Waals surface area contributed by atoms with Gasteiger partial charge < -0.3 is 15.2 Å². The van der Waals surface area contributed by atoms with Crippen LogP contribution in [0.4, 0.5) is 13.2 Å². The summed E-state index contributed by atoms with van der Waals surface area (Å²) in [4.78, 5) is 34.1. The molecular weight excluding hydrogens is 319 g/mol. The number of nitrogens with one attached hydrogen (secondary N) is 1. The van der Waals surface area contributed by atoms with Gasteiger partial charge in [0.05, 0.1) is 18.6 Å². The first-order chi connectivity index (χ1) is 10.6. The predicted octanol–water partition coefficient (Wildman–Crippen LogP) is 1.84. The van der Waals surface area contributed by atoms with Crippen molar-refractivity contribution in [3.8, 4) is 0 Å². The standard InChI is InChI=1S/C14H14F3NO5/c1-2-23-11(19)7-10(13(21)22)18-12(20)8-3-5-9(6-4-8)14(15,16)17/h3-6,10H,2,7H2,1H3,(H,18,20)(H,21,22)/t10-/m0/s1. The normalized spacial score (nSPS) is 12.3. The number of benzene rings is 1. The van der Waals surface area contributed by atoms with E-state index in [9.17, 15) is 27.6 Å². The summed E-state index contributed by atoms with van der Waals surface area (Å²) in [5.74, 6) is -3.18. The third kappa shape index (κ3) is 5.61. The Bertz CT molecular complexity index is 583. The molecule has 0 saturated heterocycles. The third-order valence-electron chi connectivity index (χ3n) is 2.75. The lowest BCUT2D eigenvalue weighted by molar-refractivity contribution is -0.149. The van der Waals surface area contributed by atoms with Gasteiger partial charge in [-0.25, -0.2) is 4.79 Å². The summed E-state index contributed by atoms with van der Waals surface area (Å²) in [5, 5.41) is 11.0. The molecule has 1 amide bonds. The van der Waals surface area contributed by atoms with Crippen LogP contribution in [0.1, 0.15) is 29.3 Å². The molecule has 0 heterocycles. The number of hydrogen-bond acceptors (Lipinski definition) is 4. The Balaban J connectivity index is 2.79. The molecule has 23 heavy (non-hydrogen) atoms. The van der Waals surface area contributed by atoms with Gasteiger partial charge in [-0.05, 0) is 31.2 Å². The van der Waals surface area contributed by atoms with Crippen molar-refractivity contribution in [2.45, 2.75) is 25.6 Å². The molecule has 1 aromatic rings. The molecule has 0 fully saturated rings. The fourth-order valence-corrected chi connectivity index (χ4v) is 1.64. The van der Waals surface area contributed by atoms with Crippen molar-refractivity contribution < 1.29 is 37.4 Å². The molecule has 9 heteroatoms. The zero-order chi connectivity index (χ0) is 17.6. The number of hydrogen-bond donors (Lipinski definition) is 2. The molecule has 0 aliphatic rings. The molecule has 0 radical (unpaired) electrons. The maximum atomic E-state index is 12.4. The van der Waals surface area contributed by atoms with Gasteiger partial charge in [-0.2, -0.15) is 13.2 Å². The van der Waals surface area contributed by atoms with Crippen molar-refractivity contribution in [3.05, 3.63) is 35.4 Å². The number of ether oxygens (including phenoxy) is 1. The van der Waals surface area contributed by atoms with Gasteiger partial charge in [0.25, 0.3) is 5.91 Å². The fraction of sp³-hybridized carbons (Fsp3) is 0.357. The van der Waals surface area contributed by atoms with Crippen LogP contribution in [0.3, 0.4) is 0 Å². The van der Waals surface area contributed by atoms with Crippen molar-refractivity contribution in [1.82, 2.24) is 5.32 Å². The van der Waals surface area contributed by atoms with Crippen LogP contribution in [0, 0.1) is 0 Å². The Morgan fingerprint density at radius 3 is 2.22 bits per heavy atom. The number of rotatable bonds is 6. The number of amides is 1. The van der Waals surface area contributed by atoms with E-state index in [-0.39, 0.29) is 12.2 Å². The Hall–Kier alpha value is -2.58. The third-order valence-corrected chi connectivity index (χ3v) is 2.75. The Labute approximate surface area is 129 Å². The van der Waals surface area contributed by atoms with Crippen molar-refractivity contribution in [3.63, 3.8) is 0 Å². The van der Waals surface area contributed by atoms with Crippen molar-refractivity contribution in [2.24, 2.45) is 0 Å². The van der Waals surface area contributed by atoms with Gasteiger partial charge in [0.15, 0.2) is 0 Å². The fourth-order valence-electron chi connectivity index (χ4n) is 1.64. The minimum absolute atomic E-state index is 0.0536. The van der Waals surface area contributed by atoms with Gasteiger partial charge in [0.2, 0.25) is 0 Å². The highest BCUT2D eigenvalue weighted by Crippen LogP contribution is 2.29. The van der Waals surface area contributed by atoms with E-state index in [0.717, 1.165) is 12.1 Å². The molecule has 0 unspecified atom stereocenters. The van der Waals surface area contributed by atoms with Gasteiger partial charge >= 0.3 is 18.1 Å². The molecule has 0 aliphatic carbocycles. The number of halogens is 3. The van der Waals surface area contributed by atoms with Crippen LogP contribution in [0.5, 0.6) is 0 Å². The van der Waals surface area contributed by atoms with E-state index in [4.69, 9.17) is 5.11 Å². The van der Waals surface area contributed by atoms with Crippen LogP contribution in [0.25, 0.3) is 0 Å². The van der Waals surface area contributed by atoms with Crippen molar-refractivity contribution in [2.75, 3.05) is 6.61 Å². The summed E-state index contributed by atoms with van der Waals surface area (Å²) in [6, 6.07) is 1.71. The van der Waals surface area contributed by atoms with E-state index in [1.807, 2.05) is 0 Å². The van der Waals surface area contributed by atoms with E-state index in [1.54, 1.807) is 0 Å². The lowest BCUT2D eigenvalue weighted by atomic mass is 10.1. The van der Waals surface area contributed by atoms with Crippen LogP contribution in [0.15, 0.2) is 24.3 Å². The molecule has 0 aromatic heterocycles. The molecule has 1 rings (SSSR count). The van der Waals surface area contributed by atoms with Crippen LogP contribution < -0.4 is 5.32 Å². The highest BCUT2D eigenvalue weighted by atomic mass is 19.4. The largest absolute Gasteiger partial charge is 0.480 e. The summed E-state index contributed by atoms with van der Waals surface area (Å²) in [6.07, 6.45) is -5.13. The average molecular weight is 333 g/mol. The van der Waals surface area contributed by atoms with Crippen molar-refractivity contribution >= 4 is 17.8 Å². The molecule has 0 spiro atoms. The number of carbonyl (C=O) groups excluding carboxylic acids is 2. The number of carboxylic acid groups (broad SMARTS) is 1. The number of carbonyl (C=O) groups is 3. The zero-order valence-electron chi connectivity index (χ0n) is 12.0. The van der Waals surface area contributed by atoms with Crippen molar-refractivity contribution in [1.29, 1.82) is 0 Å². The maximum Gasteiger partial charge on any atom is 0.416 e. The molecule has 1 atom stereocenters.